The van der Waals surface area contributed by atoms with Gasteiger partial charge in [0.2, 0.25) is 5.88 Å². The summed E-state index contributed by atoms with van der Waals surface area (Å²) in [7, 11) is 1.73. The molecular formula is C14H15F2N3O. The largest absolute Gasteiger partial charge is 0.435 e. The summed E-state index contributed by atoms with van der Waals surface area (Å²) in [5.41, 5.74) is 0.735. The fourth-order valence-electron chi connectivity index (χ4n) is 1.84. The first-order valence-electron chi connectivity index (χ1n) is 6.18. The van der Waals surface area contributed by atoms with Gasteiger partial charge in [0.1, 0.15) is 18.0 Å². The average Bonchev–Trinajstić information content (AvgIpc) is 2.41. The average molecular weight is 279 g/mol. The molecule has 1 heterocycles. The highest BCUT2D eigenvalue weighted by Crippen LogP contribution is 2.33. The third kappa shape index (κ3) is 2.84. The van der Waals surface area contributed by atoms with Crippen LogP contribution in [-0.4, -0.2) is 17.0 Å². The Morgan fingerprint density at radius 2 is 1.95 bits per heavy atom. The van der Waals surface area contributed by atoms with Gasteiger partial charge in [-0.15, -0.1) is 0 Å². The van der Waals surface area contributed by atoms with E-state index in [1.807, 2.05) is 13.8 Å². The van der Waals surface area contributed by atoms with Crippen molar-refractivity contribution in [2.24, 2.45) is 0 Å². The summed E-state index contributed by atoms with van der Waals surface area (Å²) in [6.45, 7) is 3.90. The highest BCUT2D eigenvalue weighted by atomic mass is 19.1. The van der Waals surface area contributed by atoms with Crippen LogP contribution in [0.25, 0.3) is 0 Å². The Balaban J connectivity index is 2.43. The molecule has 1 aromatic heterocycles. The van der Waals surface area contributed by atoms with E-state index in [2.05, 4.69) is 15.3 Å². The van der Waals surface area contributed by atoms with Crippen LogP contribution in [0.1, 0.15) is 25.3 Å². The van der Waals surface area contributed by atoms with Gasteiger partial charge < -0.3 is 10.1 Å². The normalized spacial score (nSPS) is 10.7. The lowest BCUT2D eigenvalue weighted by Crippen LogP contribution is -2.05. The number of rotatable bonds is 4. The monoisotopic (exact) mass is 279 g/mol. The molecule has 4 nitrogen and oxygen atoms in total. The smallest absolute Gasteiger partial charge is 0.228 e. The van der Waals surface area contributed by atoms with Crippen LogP contribution in [0.5, 0.6) is 11.6 Å². The number of hydrogen-bond acceptors (Lipinski definition) is 4. The van der Waals surface area contributed by atoms with Crippen molar-refractivity contribution in [1.29, 1.82) is 0 Å². The van der Waals surface area contributed by atoms with Crippen LogP contribution < -0.4 is 10.1 Å². The second-order valence-corrected chi connectivity index (χ2v) is 4.52. The fraction of sp³-hybridized carbons (Fsp3) is 0.286. The van der Waals surface area contributed by atoms with Gasteiger partial charge in [-0.2, -0.15) is 0 Å². The van der Waals surface area contributed by atoms with Gasteiger partial charge in [-0.25, -0.2) is 18.7 Å². The standard InChI is InChI=1S/C14H15F2N3O/c1-8(2)12-13(17-3)18-7-19-14(12)20-11-5-4-9(15)6-10(11)16/h4-8H,1-3H3,(H,17,18,19). The van der Waals surface area contributed by atoms with Crippen molar-refractivity contribution in [3.63, 3.8) is 0 Å². The highest BCUT2D eigenvalue weighted by Gasteiger charge is 2.17. The van der Waals surface area contributed by atoms with E-state index in [9.17, 15) is 8.78 Å². The van der Waals surface area contributed by atoms with Gasteiger partial charge in [0, 0.05) is 13.1 Å². The molecule has 1 N–H and O–H groups in total. The number of nitrogens with zero attached hydrogens (tertiary/aromatic N) is 2. The Morgan fingerprint density at radius 1 is 1.20 bits per heavy atom. The van der Waals surface area contributed by atoms with Crippen molar-refractivity contribution in [1.82, 2.24) is 9.97 Å². The van der Waals surface area contributed by atoms with Crippen molar-refractivity contribution in [2.45, 2.75) is 19.8 Å². The molecule has 0 spiro atoms. The lowest BCUT2D eigenvalue weighted by molar-refractivity contribution is 0.416. The molecule has 20 heavy (non-hydrogen) atoms. The maximum atomic E-state index is 13.6. The van der Waals surface area contributed by atoms with Crippen LogP contribution in [-0.2, 0) is 0 Å². The van der Waals surface area contributed by atoms with Crippen molar-refractivity contribution in [3.05, 3.63) is 41.7 Å². The zero-order valence-electron chi connectivity index (χ0n) is 11.4. The molecule has 0 aliphatic rings. The van der Waals surface area contributed by atoms with Crippen molar-refractivity contribution in [2.75, 3.05) is 12.4 Å². The summed E-state index contributed by atoms with van der Waals surface area (Å²) in [6.07, 6.45) is 1.33. The SMILES string of the molecule is CNc1ncnc(Oc2ccc(F)cc2F)c1C(C)C. The zero-order valence-corrected chi connectivity index (χ0v) is 11.4. The van der Waals surface area contributed by atoms with Crippen LogP contribution in [0.3, 0.4) is 0 Å². The number of ether oxygens (including phenoxy) is 1. The summed E-state index contributed by atoms with van der Waals surface area (Å²) in [5, 5.41) is 2.94. The highest BCUT2D eigenvalue weighted by molar-refractivity contribution is 5.51. The minimum atomic E-state index is -0.774. The summed E-state index contributed by atoms with van der Waals surface area (Å²) in [6, 6.07) is 3.13. The van der Waals surface area contributed by atoms with E-state index in [0.717, 1.165) is 17.7 Å². The van der Waals surface area contributed by atoms with Crippen LogP contribution in [0.4, 0.5) is 14.6 Å². The molecule has 0 radical (unpaired) electrons. The number of halogens is 2. The summed E-state index contributed by atoms with van der Waals surface area (Å²) in [5.74, 6) is -0.551. The number of aromatic nitrogens is 2. The molecule has 6 heteroatoms. The molecule has 0 amide bonds. The van der Waals surface area contributed by atoms with Crippen molar-refractivity contribution < 1.29 is 13.5 Å². The Kier molecular flexibility index (Phi) is 4.12. The van der Waals surface area contributed by atoms with Gasteiger partial charge in [0.25, 0.3) is 0 Å². The van der Waals surface area contributed by atoms with E-state index in [-0.39, 0.29) is 17.5 Å². The molecule has 0 unspecified atom stereocenters. The van der Waals surface area contributed by atoms with E-state index < -0.39 is 11.6 Å². The summed E-state index contributed by atoms with van der Waals surface area (Å²) in [4.78, 5) is 8.13. The van der Waals surface area contributed by atoms with Gasteiger partial charge in [-0.05, 0) is 18.1 Å². The van der Waals surface area contributed by atoms with Crippen molar-refractivity contribution in [3.8, 4) is 11.6 Å². The number of nitrogens with one attached hydrogen (secondary N) is 1. The topological polar surface area (TPSA) is 47.0 Å². The first-order chi connectivity index (χ1) is 9.52. The molecule has 2 aromatic rings. The van der Waals surface area contributed by atoms with Crippen LogP contribution in [0.15, 0.2) is 24.5 Å². The van der Waals surface area contributed by atoms with Gasteiger partial charge in [-0.3, -0.25) is 0 Å². The van der Waals surface area contributed by atoms with E-state index in [4.69, 9.17) is 4.74 Å². The summed E-state index contributed by atoms with van der Waals surface area (Å²) >= 11 is 0. The number of benzene rings is 1. The minimum absolute atomic E-state index is 0.0750. The second-order valence-electron chi connectivity index (χ2n) is 4.52. The lowest BCUT2D eigenvalue weighted by Gasteiger charge is -2.15. The zero-order chi connectivity index (χ0) is 14.7. The maximum absolute atomic E-state index is 13.6. The Morgan fingerprint density at radius 3 is 2.55 bits per heavy atom. The Labute approximate surface area is 115 Å². The first-order valence-corrected chi connectivity index (χ1v) is 6.18. The fourth-order valence-corrected chi connectivity index (χ4v) is 1.84. The van der Waals surface area contributed by atoms with Gasteiger partial charge in [0.05, 0.1) is 5.56 Å². The van der Waals surface area contributed by atoms with E-state index in [0.29, 0.717) is 5.82 Å². The van der Waals surface area contributed by atoms with Gasteiger partial charge in [-0.1, -0.05) is 13.8 Å². The predicted molar refractivity (Wildman–Crippen MR) is 72.1 cm³/mol. The molecule has 0 bridgehead atoms. The molecule has 106 valence electrons. The molecule has 0 saturated carbocycles. The molecule has 1 aromatic carbocycles. The third-order valence-corrected chi connectivity index (χ3v) is 2.76. The lowest BCUT2D eigenvalue weighted by atomic mass is 10.1. The van der Waals surface area contributed by atoms with E-state index in [1.165, 1.54) is 12.4 Å². The minimum Gasteiger partial charge on any atom is -0.435 e. The molecular weight excluding hydrogens is 264 g/mol. The molecule has 0 saturated heterocycles. The molecule has 0 fully saturated rings. The number of anilines is 1. The molecule has 2 rings (SSSR count). The second kappa shape index (κ2) is 5.81. The van der Waals surface area contributed by atoms with Crippen LogP contribution >= 0.6 is 0 Å². The van der Waals surface area contributed by atoms with E-state index in [1.54, 1.807) is 7.05 Å². The number of hydrogen-bond donors (Lipinski definition) is 1. The maximum Gasteiger partial charge on any atom is 0.228 e. The molecule has 0 aliphatic carbocycles. The molecule has 0 aliphatic heterocycles. The molecule has 0 atom stereocenters. The van der Waals surface area contributed by atoms with Crippen molar-refractivity contribution >= 4 is 5.82 Å². The Hall–Kier alpha value is -2.24. The van der Waals surface area contributed by atoms with E-state index >= 15 is 0 Å². The van der Waals surface area contributed by atoms with Gasteiger partial charge >= 0.3 is 0 Å². The first kappa shape index (κ1) is 14.2. The van der Waals surface area contributed by atoms with Crippen LogP contribution in [0, 0.1) is 11.6 Å². The van der Waals surface area contributed by atoms with Gasteiger partial charge in [0.15, 0.2) is 11.6 Å². The quantitative estimate of drug-likeness (QED) is 0.926. The Bertz CT molecular complexity index is 617. The van der Waals surface area contributed by atoms with Crippen LogP contribution in [0.2, 0.25) is 0 Å². The third-order valence-electron chi connectivity index (χ3n) is 2.76. The predicted octanol–water partition coefficient (Wildman–Crippen LogP) is 3.71. The summed E-state index contributed by atoms with van der Waals surface area (Å²) < 4.78 is 32.0.